The first kappa shape index (κ1) is 26.0. The second kappa shape index (κ2) is 11.7. The van der Waals surface area contributed by atoms with Crippen molar-refractivity contribution in [2.75, 3.05) is 37.2 Å². The highest BCUT2D eigenvalue weighted by Gasteiger charge is 2.12. The van der Waals surface area contributed by atoms with Crippen molar-refractivity contribution in [3.05, 3.63) is 84.6 Å². The molecular weight excluding hydrogens is 486 g/mol. The van der Waals surface area contributed by atoms with E-state index in [9.17, 15) is 4.21 Å². The SMILES string of the molecule is CCOc1ccc(-c2cnc(Nc3cccc(S(C)(=N)=O)c3)nc2NCCc2cccc(OC)c2)cc1. The van der Waals surface area contributed by atoms with Crippen LogP contribution in [0.1, 0.15) is 12.5 Å². The second-order valence-corrected chi connectivity index (χ2v) is 10.6. The lowest BCUT2D eigenvalue weighted by Gasteiger charge is -2.14. The molecule has 0 saturated heterocycles. The molecule has 0 bridgehead atoms. The fourth-order valence-electron chi connectivity index (χ4n) is 3.78. The molecule has 1 heterocycles. The van der Waals surface area contributed by atoms with Gasteiger partial charge in [0, 0.05) is 35.1 Å². The average molecular weight is 518 g/mol. The van der Waals surface area contributed by atoms with Crippen LogP contribution >= 0.6 is 0 Å². The minimum atomic E-state index is -2.83. The van der Waals surface area contributed by atoms with E-state index in [1.54, 1.807) is 31.5 Å². The van der Waals surface area contributed by atoms with Crippen LogP contribution in [0.15, 0.2) is 83.9 Å². The molecule has 0 aliphatic rings. The molecule has 0 aliphatic carbocycles. The molecule has 1 atom stereocenters. The summed E-state index contributed by atoms with van der Waals surface area (Å²) in [5.74, 6) is 2.70. The van der Waals surface area contributed by atoms with Gasteiger partial charge in [0.1, 0.15) is 17.3 Å². The van der Waals surface area contributed by atoms with Gasteiger partial charge in [-0.25, -0.2) is 14.0 Å². The maximum atomic E-state index is 12.2. The summed E-state index contributed by atoms with van der Waals surface area (Å²) in [5, 5.41) is 6.64. The maximum Gasteiger partial charge on any atom is 0.229 e. The fourth-order valence-corrected chi connectivity index (χ4v) is 4.47. The Balaban J connectivity index is 1.60. The number of anilines is 3. The van der Waals surface area contributed by atoms with Crippen molar-refractivity contribution >= 4 is 27.2 Å². The monoisotopic (exact) mass is 517 g/mol. The van der Waals surface area contributed by atoms with Gasteiger partial charge in [-0.2, -0.15) is 4.98 Å². The maximum absolute atomic E-state index is 12.2. The van der Waals surface area contributed by atoms with Crippen LogP contribution in [0.5, 0.6) is 11.5 Å². The number of hydrogen-bond donors (Lipinski definition) is 3. The van der Waals surface area contributed by atoms with Crippen LogP contribution in [0.4, 0.5) is 17.5 Å². The summed E-state index contributed by atoms with van der Waals surface area (Å²) in [6, 6.07) is 22.8. The predicted octanol–water partition coefficient (Wildman–Crippen LogP) is 5.98. The number of hydrogen-bond acceptors (Lipinski definition) is 8. The minimum absolute atomic E-state index is 0.392. The number of nitrogens with zero attached hydrogens (tertiary/aromatic N) is 2. The first-order chi connectivity index (χ1) is 17.9. The van der Waals surface area contributed by atoms with E-state index < -0.39 is 9.73 Å². The first-order valence-corrected chi connectivity index (χ1v) is 13.9. The highest BCUT2D eigenvalue weighted by Crippen LogP contribution is 2.29. The normalized spacial score (nSPS) is 12.4. The molecule has 8 nitrogen and oxygen atoms in total. The molecule has 1 aromatic heterocycles. The van der Waals surface area contributed by atoms with Crippen LogP contribution in [0.3, 0.4) is 0 Å². The fraction of sp³-hybridized carbons (Fsp3) is 0.214. The van der Waals surface area contributed by atoms with Crippen LogP contribution in [0.2, 0.25) is 0 Å². The van der Waals surface area contributed by atoms with Gasteiger partial charge in [-0.15, -0.1) is 0 Å². The van der Waals surface area contributed by atoms with Gasteiger partial charge in [0.25, 0.3) is 0 Å². The molecule has 0 spiro atoms. The Labute approximate surface area is 218 Å². The number of rotatable bonds is 11. The summed E-state index contributed by atoms with van der Waals surface area (Å²) >= 11 is 0. The van der Waals surface area contributed by atoms with E-state index in [0.717, 1.165) is 34.6 Å². The van der Waals surface area contributed by atoms with E-state index in [1.807, 2.05) is 55.5 Å². The third-order valence-corrected chi connectivity index (χ3v) is 6.80. The van der Waals surface area contributed by atoms with Gasteiger partial charge < -0.3 is 20.1 Å². The van der Waals surface area contributed by atoms with Crippen molar-refractivity contribution in [1.29, 1.82) is 4.78 Å². The van der Waals surface area contributed by atoms with E-state index in [4.69, 9.17) is 19.2 Å². The lowest BCUT2D eigenvalue weighted by atomic mass is 10.1. The lowest BCUT2D eigenvalue weighted by molar-refractivity contribution is 0.340. The Morgan fingerprint density at radius 3 is 2.51 bits per heavy atom. The second-order valence-electron chi connectivity index (χ2n) is 8.44. The number of ether oxygens (including phenoxy) is 2. The van der Waals surface area contributed by atoms with Gasteiger partial charge in [0.2, 0.25) is 5.95 Å². The van der Waals surface area contributed by atoms with Crippen molar-refractivity contribution in [2.24, 2.45) is 0 Å². The molecule has 9 heteroatoms. The van der Waals surface area contributed by atoms with Gasteiger partial charge in [-0.1, -0.05) is 30.3 Å². The Morgan fingerprint density at radius 2 is 1.78 bits per heavy atom. The van der Waals surface area contributed by atoms with Gasteiger partial charge in [0.05, 0.1) is 23.4 Å². The van der Waals surface area contributed by atoms with E-state index in [-0.39, 0.29) is 0 Å². The largest absolute Gasteiger partial charge is 0.497 e. The lowest BCUT2D eigenvalue weighted by Crippen LogP contribution is -2.10. The van der Waals surface area contributed by atoms with Crippen LogP contribution in [-0.2, 0) is 16.1 Å². The summed E-state index contributed by atoms with van der Waals surface area (Å²) in [4.78, 5) is 9.72. The number of aromatic nitrogens is 2. The smallest absolute Gasteiger partial charge is 0.229 e. The van der Waals surface area contributed by atoms with Gasteiger partial charge >= 0.3 is 0 Å². The van der Waals surface area contributed by atoms with Crippen molar-refractivity contribution < 1.29 is 13.7 Å². The van der Waals surface area contributed by atoms with E-state index in [2.05, 4.69) is 21.7 Å². The Bertz CT molecular complexity index is 1460. The molecule has 0 radical (unpaired) electrons. The summed E-state index contributed by atoms with van der Waals surface area (Å²) in [5.41, 5.74) is 3.63. The Kier molecular flexibility index (Phi) is 8.25. The molecule has 3 aromatic carbocycles. The third-order valence-electron chi connectivity index (χ3n) is 5.65. The molecule has 0 amide bonds. The molecule has 0 fully saturated rings. The molecule has 0 saturated carbocycles. The summed E-state index contributed by atoms with van der Waals surface area (Å²) in [6.45, 7) is 3.21. The average Bonchev–Trinajstić information content (AvgIpc) is 2.89. The summed E-state index contributed by atoms with van der Waals surface area (Å²) in [6.07, 6.45) is 3.96. The number of methoxy groups -OCH3 is 1. The molecule has 3 N–H and O–H groups in total. The number of benzene rings is 3. The van der Waals surface area contributed by atoms with Crippen molar-refractivity contribution in [3.8, 4) is 22.6 Å². The zero-order valence-corrected chi connectivity index (χ0v) is 22.0. The quantitative estimate of drug-likeness (QED) is 0.224. The highest BCUT2D eigenvalue weighted by molar-refractivity contribution is 7.91. The van der Waals surface area contributed by atoms with E-state index in [0.29, 0.717) is 35.5 Å². The molecule has 4 aromatic rings. The molecule has 0 aliphatic heterocycles. The summed E-state index contributed by atoms with van der Waals surface area (Å²) in [7, 11) is -1.17. The molecule has 192 valence electrons. The zero-order chi connectivity index (χ0) is 26.3. The zero-order valence-electron chi connectivity index (χ0n) is 21.2. The first-order valence-electron chi connectivity index (χ1n) is 11.9. The van der Waals surface area contributed by atoms with Crippen molar-refractivity contribution in [3.63, 3.8) is 0 Å². The molecular formula is C28H31N5O3S. The van der Waals surface area contributed by atoms with E-state index in [1.165, 1.54) is 6.26 Å². The minimum Gasteiger partial charge on any atom is -0.497 e. The topological polar surface area (TPSA) is 109 Å². The van der Waals surface area contributed by atoms with Crippen LogP contribution < -0.4 is 20.1 Å². The van der Waals surface area contributed by atoms with Crippen LogP contribution in [-0.4, -0.2) is 40.7 Å². The van der Waals surface area contributed by atoms with Gasteiger partial charge in [0.15, 0.2) is 0 Å². The molecule has 1 unspecified atom stereocenters. The molecule has 4 rings (SSSR count). The number of nitrogens with one attached hydrogen (secondary N) is 3. The van der Waals surface area contributed by atoms with Crippen LogP contribution in [0, 0.1) is 4.78 Å². The Hall–Kier alpha value is -4.11. The standard InChI is InChI=1S/C28H31N5O3S/c1-4-36-23-13-11-21(12-14-23)26-19-31-28(32-22-8-6-10-25(18-22)37(3,29)34)33-27(26)30-16-15-20-7-5-9-24(17-20)35-2/h5-14,17-19,29H,4,15-16H2,1-3H3,(H2,30,31,32,33). The highest BCUT2D eigenvalue weighted by atomic mass is 32.2. The summed E-state index contributed by atoms with van der Waals surface area (Å²) < 4.78 is 30.9. The molecule has 37 heavy (non-hydrogen) atoms. The third kappa shape index (κ3) is 6.98. The van der Waals surface area contributed by atoms with Crippen LogP contribution in [0.25, 0.3) is 11.1 Å². The van der Waals surface area contributed by atoms with E-state index >= 15 is 0 Å². The van der Waals surface area contributed by atoms with Gasteiger partial charge in [-0.05, 0) is 66.9 Å². The predicted molar refractivity (Wildman–Crippen MR) is 149 cm³/mol. The van der Waals surface area contributed by atoms with Crippen molar-refractivity contribution in [2.45, 2.75) is 18.2 Å². The Morgan fingerprint density at radius 1 is 1.00 bits per heavy atom. The van der Waals surface area contributed by atoms with Gasteiger partial charge in [-0.3, -0.25) is 0 Å². The van der Waals surface area contributed by atoms with Crippen molar-refractivity contribution in [1.82, 2.24) is 9.97 Å².